The number of sulfonamides is 1. The molecule has 1 fully saturated rings. The zero-order valence-corrected chi connectivity index (χ0v) is 18.0. The Bertz CT molecular complexity index is 982. The number of carbonyl (C=O) groups excluding carboxylic acids is 2. The molecule has 2 aromatic rings. The van der Waals surface area contributed by atoms with Crippen molar-refractivity contribution >= 4 is 21.9 Å². The first-order chi connectivity index (χ1) is 14.3. The summed E-state index contributed by atoms with van der Waals surface area (Å²) >= 11 is 0. The zero-order valence-electron chi connectivity index (χ0n) is 17.2. The van der Waals surface area contributed by atoms with Gasteiger partial charge in [-0.1, -0.05) is 30.3 Å². The van der Waals surface area contributed by atoms with Crippen molar-refractivity contribution in [3.8, 4) is 0 Å². The van der Waals surface area contributed by atoms with Crippen LogP contribution in [0.2, 0.25) is 0 Å². The third kappa shape index (κ3) is 4.88. The van der Waals surface area contributed by atoms with Gasteiger partial charge in [0, 0.05) is 32.7 Å². The van der Waals surface area contributed by atoms with Gasteiger partial charge in [0.05, 0.1) is 10.5 Å². The Morgan fingerprint density at radius 1 is 0.933 bits per heavy atom. The van der Waals surface area contributed by atoms with E-state index in [0.29, 0.717) is 18.7 Å². The molecule has 1 amide bonds. The highest BCUT2D eigenvalue weighted by Crippen LogP contribution is 2.24. The van der Waals surface area contributed by atoms with Gasteiger partial charge in [0.15, 0.2) is 0 Å². The summed E-state index contributed by atoms with van der Waals surface area (Å²) < 4.78 is 31.1. The molecule has 1 heterocycles. The summed E-state index contributed by atoms with van der Waals surface area (Å²) in [4.78, 5) is 27.7. The molecule has 1 saturated heterocycles. The van der Waals surface area contributed by atoms with Crippen molar-refractivity contribution < 1.29 is 22.7 Å². The SMILES string of the molecule is CN(C)S(=O)(=O)c1ccc(C(=O)OC(C(=O)N2CCCCC2)c2ccccc2)cc1. The highest BCUT2D eigenvalue weighted by Gasteiger charge is 2.30. The lowest BCUT2D eigenvalue weighted by atomic mass is 10.1. The van der Waals surface area contributed by atoms with Crippen LogP contribution in [0.4, 0.5) is 0 Å². The summed E-state index contributed by atoms with van der Waals surface area (Å²) in [5.41, 5.74) is 0.785. The second kappa shape index (κ2) is 9.40. The molecular weight excluding hydrogens is 404 g/mol. The van der Waals surface area contributed by atoms with Gasteiger partial charge in [-0.15, -0.1) is 0 Å². The van der Waals surface area contributed by atoms with E-state index >= 15 is 0 Å². The molecule has 0 aliphatic carbocycles. The fourth-order valence-electron chi connectivity index (χ4n) is 3.32. The van der Waals surface area contributed by atoms with Crippen molar-refractivity contribution in [2.24, 2.45) is 0 Å². The molecule has 1 unspecified atom stereocenters. The number of likely N-dealkylation sites (tertiary alicyclic amines) is 1. The molecular formula is C22H26N2O5S. The van der Waals surface area contributed by atoms with Crippen molar-refractivity contribution in [3.63, 3.8) is 0 Å². The van der Waals surface area contributed by atoms with Gasteiger partial charge >= 0.3 is 5.97 Å². The van der Waals surface area contributed by atoms with Crippen LogP contribution in [0.5, 0.6) is 0 Å². The van der Waals surface area contributed by atoms with Crippen molar-refractivity contribution in [1.82, 2.24) is 9.21 Å². The van der Waals surface area contributed by atoms with Crippen LogP contribution in [0.3, 0.4) is 0 Å². The van der Waals surface area contributed by atoms with Crippen molar-refractivity contribution in [2.75, 3.05) is 27.2 Å². The minimum Gasteiger partial charge on any atom is -0.444 e. The largest absolute Gasteiger partial charge is 0.444 e. The first-order valence-corrected chi connectivity index (χ1v) is 11.3. The molecule has 30 heavy (non-hydrogen) atoms. The maximum absolute atomic E-state index is 13.1. The van der Waals surface area contributed by atoms with Crippen molar-refractivity contribution in [1.29, 1.82) is 0 Å². The summed E-state index contributed by atoms with van der Waals surface area (Å²) in [7, 11) is -0.716. The Kier molecular flexibility index (Phi) is 6.89. The monoisotopic (exact) mass is 430 g/mol. The van der Waals surface area contributed by atoms with E-state index in [0.717, 1.165) is 23.6 Å². The Morgan fingerprint density at radius 2 is 1.53 bits per heavy atom. The van der Waals surface area contributed by atoms with Crippen LogP contribution in [0.15, 0.2) is 59.5 Å². The van der Waals surface area contributed by atoms with Gasteiger partial charge in [0.2, 0.25) is 16.1 Å². The fraction of sp³-hybridized carbons (Fsp3) is 0.364. The first kappa shape index (κ1) is 22.0. The fourth-order valence-corrected chi connectivity index (χ4v) is 4.22. The van der Waals surface area contributed by atoms with E-state index in [2.05, 4.69) is 0 Å². The predicted molar refractivity (Wildman–Crippen MR) is 112 cm³/mol. The summed E-state index contributed by atoms with van der Waals surface area (Å²) in [6.45, 7) is 1.30. The number of piperidine rings is 1. The molecule has 0 N–H and O–H groups in total. The summed E-state index contributed by atoms with van der Waals surface area (Å²) in [6, 6.07) is 14.4. The molecule has 1 atom stereocenters. The normalized spacial score (nSPS) is 15.6. The molecule has 2 aromatic carbocycles. The van der Waals surface area contributed by atoms with Crippen molar-refractivity contribution in [3.05, 3.63) is 65.7 Å². The molecule has 0 saturated carbocycles. The predicted octanol–water partition coefficient (Wildman–Crippen LogP) is 2.85. The van der Waals surface area contributed by atoms with E-state index in [1.807, 2.05) is 6.07 Å². The second-order valence-corrected chi connectivity index (χ2v) is 9.55. The van der Waals surface area contributed by atoms with Gasteiger partial charge in [-0.3, -0.25) is 4.79 Å². The molecule has 160 valence electrons. The standard InChI is InChI=1S/C22H26N2O5S/c1-23(2)30(27,28)19-13-11-18(12-14-19)22(26)29-20(17-9-5-3-6-10-17)21(25)24-15-7-4-8-16-24/h3,5-6,9-14,20H,4,7-8,15-16H2,1-2H3. The lowest BCUT2D eigenvalue weighted by molar-refractivity contribution is -0.142. The van der Waals surface area contributed by atoms with Crippen LogP contribution < -0.4 is 0 Å². The smallest absolute Gasteiger partial charge is 0.339 e. The number of benzene rings is 2. The van der Waals surface area contributed by atoms with Gasteiger partial charge in [0.1, 0.15) is 0 Å². The Labute approximate surface area is 177 Å². The Balaban J connectivity index is 1.82. The molecule has 8 heteroatoms. The van der Waals surface area contributed by atoms with E-state index in [1.54, 1.807) is 29.2 Å². The van der Waals surface area contributed by atoms with E-state index < -0.39 is 22.1 Å². The minimum absolute atomic E-state index is 0.0769. The number of nitrogens with zero attached hydrogens (tertiary/aromatic N) is 2. The molecule has 0 spiro atoms. The number of hydrogen-bond donors (Lipinski definition) is 0. The first-order valence-electron chi connectivity index (χ1n) is 9.88. The lowest BCUT2D eigenvalue weighted by Crippen LogP contribution is -2.40. The van der Waals surface area contributed by atoms with Crippen molar-refractivity contribution in [2.45, 2.75) is 30.3 Å². The van der Waals surface area contributed by atoms with E-state index in [-0.39, 0.29) is 16.4 Å². The molecule has 3 rings (SSSR count). The van der Waals surface area contributed by atoms with Gasteiger partial charge in [-0.05, 0) is 43.5 Å². The summed E-state index contributed by atoms with van der Waals surface area (Å²) in [6.07, 6.45) is 1.91. The van der Waals surface area contributed by atoms with Gasteiger partial charge < -0.3 is 9.64 Å². The molecule has 0 bridgehead atoms. The lowest BCUT2D eigenvalue weighted by Gasteiger charge is -2.30. The zero-order chi connectivity index (χ0) is 21.7. The number of amides is 1. The molecule has 1 aliphatic heterocycles. The average molecular weight is 431 g/mol. The second-order valence-electron chi connectivity index (χ2n) is 7.39. The van der Waals surface area contributed by atoms with Crippen LogP contribution in [-0.2, 0) is 19.6 Å². The maximum atomic E-state index is 13.1. The number of hydrogen-bond acceptors (Lipinski definition) is 5. The molecule has 1 aliphatic rings. The third-order valence-electron chi connectivity index (χ3n) is 5.09. The van der Waals surface area contributed by atoms with Crippen LogP contribution in [-0.4, -0.2) is 56.7 Å². The van der Waals surface area contributed by atoms with E-state index in [1.165, 1.54) is 38.4 Å². The quantitative estimate of drug-likeness (QED) is 0.658. The van der Waals surface area contributed by atoms with Crippen LogP contribution in [0, 0.1) is 0 Å². The Hall–Kier alpha value is -2.71. The van der Waals surface area contributed by atoms with Gasteiger partial charge in [-0.2, -0.15) is 0 Å². The molecule has 7 nitrogen and oxygen atoms in total. The number of ether oxygens (including phenoxy) is 1. The van der Waals surface area contributed by atoms with Crippen LogP contribution in [0.1, 0.15) is 41.3 Å². The minimum atomic E-state index is -3.59. The number of esters is 1. The Morgan fingerprint density at radius 3 is 2.10 bits per heavy atom. The molecule has 0 aromatic heterocycles. The third-order valence-corrected chi connectivity index (χ3v) is 6.92. The van der Waals surface area contributed by atoms with E-state index in [9.17, 15) is 18.0 Å². The van der Waals surface area contributed by atoms with E-state index in [4.69, 9.17) is 4.74 Å². The van der Waals surface area contributed by atoms with Crippen LogP contribution >= 0.6 is 0 Å². The van der Waals surface area contributed by atoms with Crippen LogP contribution in [0.25, 0.3) is 0 Å². The van der Waals surface area contributed by atoms with Gasteiger partial charge in [-0.25, -0.2) is 17.5 Å². The number of rotatable bonds is 6. The topological polar surface area (TPSA) is 84.0 Å². The maximum Gasteiger partial charge on any atom is 0.339 e. The van der Waals surface area contributed by atoms with Gasteiger partial charge in [0.25, 0.3) is 5.91 Å². The highest BCUT2D eigenvalue weighted by molar-refractivity contribution is 7.89. The summed E-state index contributed by atoms with van der Waals surface area (Å²) in [5, 5.41) is 0. The summed E-state index contributed by atoms with van der Waals surface area (Å²) in [5.74, 6) is -0.913. The molecule has 0 radical (unpaired) electrons. The average Bonchev–Trinajstić information content (AvgIpc) is 2.78. The number of carbonyl (C=O) groups is 2. The highest BCUT2D eigenvalue weighted by atomic mass is 32.2.